The second kappa shape index (κ2) is 10.2. The van der Waals surface area contributed by atoms with Gasteiger partial charge in [-0.2, -0.15) is 0 Å². The number of aliphatic hydroxyl groups is 2. The SMILES string of the molecule is C[C@@H]1C[C@H]2[C@@H]3C[C@H](F)C4=CC(=O)C=C[C@@]4(C)[C@H]3[C@@H](O)C[C@]2(C)[C@@]1(O)C(=O)COP(=O)([O-])[O-].[Na+].[Na+]. The van der Waals surface area contributed by atoms with Crippen LogP contribution in [0.4, 0.5) is 4.39 Å². The molecule has 0 heterocycles. The average molecular weight is 516 g/mol. The number of halogens is 1. The van der Waals surface area contributed by atoms with Crippen LogP contribution in [0.25, 0.3) is 0 Å². The summed E-state index contributed by atoms with van der Waals surface area (Å²) in [6.07, 6.45) is 2.38. The fourth-order valence-corrected chi connectivity index (χ4v) is 7.79. The van der Waals surface area contributed by atoms with E-state index in [4.69, 9.17) is 0 Å². The number of rotatable bonds is 4. The molecule has 0 spiro atoms. The fraction of sp³-hybridized carbons (Fsp3) is 0.727. The van der Waals surface area contributed by atoms with Gasteiger partial charge in [-0.3, -0.25) is 9.59 Å². The van der Waals surface area contributed by atoms with Gasteiger partial charge in [0.25, 0.3) is 0 Å². The number of phosphoric acid groups is 1. The van der Waals surface area contributed by atoms with Crippen molar-refractivity contribution >= 4 is 19.4 Å². The molecule has 2 N–H and O–H groups in total. The van der Waals surface area contributed by atoms with E-state index < -0.39 is 60.8 Å². The maximum atomic E-state index is 15.3. The number of carbonyl (C=O) groups is 2. The molecular weight excluding hydrogens is 488 g/mol. The van der Waals surface area contributed by atoms with E-state index in [0.29, 0.717) is 12.0 Å². The molecule has 3 saturated carbocycles. The number of fused-ring (bicyclic) bond motifs is 5. The second-order valence-corrected chi connectivity index (χ2v) is 11.5. The van der Waals surface area contributed by atoms with E-state index in [1.165, 1.54) is 12.2 Å². The number of allylic oxidation sites excluding steroid dienone is 4. The number of hydrogen-bond donors (Lipinski definition) is 2. The van der Waals surface area contributed by atoms with E-state index in [-0.39, 0.29) is 89.6 Å². The summed E-state index contributed by atoms with van der Waals surface area (Å²) in [4.78, 5) is 46.6. The third-order valence-corrected chi connectivity index (χ3v) is 9.28. The Hall–Kier alpha value is 0.780. The average Bonchev–Trinajstić information content (AvgIpc) is 2.88. The van der Waals surface area contributed by atoms with Crippen LogP contribution in [-0.2, 0) is 18.7 Å². The molecule has 4 aliphatic carbocycles. The summed E-state index contributed by atoms with van der Waals surface area (Å²) in [5.74, 6) is -2.98. The van der Waals surface area contributed by atoms with Gasteiger partial charge in [0.2, 0.25) is 0 Å². The number of phosphoric ester groups is 1. The van der Waals surface area contributed by atoms with Crippen molar-refractivity contribution in [2.45, 2.75) is 57.9 Å². The zero-order valence-electron chi connectivity index (χ0n) is 20.2. The molecule has 9 atom stereocenters. The molecule has 178 valence electrons. The van der Waals surface area contributed by atoms with Crippen molar-refractivity contribution in [3.05, 3.63) is 23.8 Å². The van der Waals surface area contributed by atoms with Crippen molar-refractivity contribution in [3.63, 3.8) is 0 Å². The third-order valence-electron chi connectivity index (χ3n) is 8.84. The Labute approximate surface area is 242 Å². The van der Waals surface area contributed by atoms with Gasteiger partial charge in [-0.25, -0.2) is 4.39 Å². The van der Waals surface area contributed by atoms with Crippen molar-refractivity contribution in [1.82, 2.24) is 0 Å². The molecule has 0 aliphatic heterocycles. The van der Waals surface area contributed by atoms with E-state index in [0.717, 1.165) is 0 Å². The van der Waals surface area contributed by atoms with Crippen LogP contribution in [0.3, 0.4) is 0 Å². The molecule has 4 aliphatic rings. The van der Waals surface area contributed by atoms with Gasteiger partial charge in [0.15, 0.2) is 11.6 Å². The second-order valence-electron chi connectivity index (χ2n) is 10.4. The molecule has 0 aromatic rings. The summed E-state index contributed by atoms with van der Waals surface area (Å²) >= 11 is 0. The Balaban J connectivity index is 0.00000204. The molecule has 0 aromatic carbocycles. The molecule has 0 amide bonds. The number of carbonyl (C=O) groups excluding carboxylic acids is 2. The summed E-state index contributed by atoms with van der Waals surface area (Å²) in [5.41, 5.74) is -3.73. The smallest absolute Gasteiger partial charge is 0.790 e. The predicted molar refractivity (Wildman–Crippen MR) is 106 cm³/mol. The minimum absolute atomic E-state index is 0. The van der Waals surface area contributed by atoms with Crippen molar-refractivity contribution in [3.8, 4) is 0 Å². The molecule has 0 radical (unpaired) electrons. The van der Waals surface area contributed by atoms with Gasteiger partial charge in [-0.05, 0) is 54.7 Å². The fourth-order valence-electron chi connectivity index (χ4n) is 7.51. The summed E-state index contributed by atoms with van der Waals surface area (Å²) in [5, 5.41) is 22.9. The summed E-state index contributed by atoms with van der Waals surface area (Å²) < 4.78 is 30.4. The van der Waals surface area contributed by atoms with Gasteiger partial charge in [0.1, 0.15) is 18.4 Å². The molecule has 0 saturated heterocycles. The number of ketones is 2. The van der Waals surface area contributed by atoms with Gasteiger partial charge in [-0.15, -0.1) is 0 Å². The van der Waals surface area contributed by atoms with Crippen LogP contribution in [0.2, 0.25) is 0 Å². The number of aliphatic hydroxyl groups excluding tert-OH is 1. The molecule has 0 bridgehead atoms. The Bertz CT molecular complexity index is 969. The molecule has 3 fully saturated rings. The first-order valence-electron chi connectivity index (χ1n) is 10.8. The molecule has 12 heteroatoms. The van der Waals surface area contributed by atoms with Crippen molar-refractivity contribution in [2.24, 2.45) is 34.5 Å². The van der Waals surface area contributed by atoms with Crippen molar-refractivity contribution in [2.75, 3.05) is 6.61 Å². The first-order valence-corrected chi connectivity index (χ1v) is 12.3. The zero-order valence-corrected chi connectivity index (χ0v) is 25.1. The van der Waals surface area contributed by atoms with Gasteiger partial charge < -0.3 is 29.1 Å². The van der Waals surface area contributed by atoms with E-state index in [9.17, 15) is 34.2 Å². The Morgan fingerprint density at radius 1 is 1.29 bits per heavy atom. The molecule has 8 nitrogen and oxygen atoms in total. The molecular formula is C22H28FNa2O8P. The maximum Gasteiger partial charge on any atom is 1.00 e. The summed E-state index contributed by atoms with van der Waals surface area (Å²) in [7, 11) is -5.41. The normalized spacial score (nSPS) is 45.2. The quantitative estimate of drug-likeness (QED) is 0.278. The van der Waals surface area contributed by atoms with Crippen LogP contribution in [0.15, 0.2) is 23.8 Å². The molecule has 0 unspecified atom stereocenters. The van der Waals surface area contributed by atoms with Crippen LogP contribution in [0, 0.1) is 34.5 Å². The number of alkyl halides is 1. The van der Waals surface area contributed by atoms with Gasteiger partial charge in [0.05, 0.1) is 13.9 Å². The molecule has 0 aromatic heterocycles. The van der Waals surface area contributed by atoms with Gasteiger partial charge in [0, 0.05) is 16.7 Å². The topological polar surface area (TPSA) is 147 Å². The summed E-state index contributed by atoms with van der Waals surface area (Å²) in [6.45, 7) is 4.03. The van der Waals surface area contributed by atoms with Crippen molar-refractivity contribution in [1.29, 1.82) is 0 Å². The molecule has 34 heavy (non-hydrogen) atoms. The first kappa shape index (κ1) is 31.0. The van der Waals surface area contributed by atoms with E-state index in [2.05, 4.69) is 4.52 Å². The van der Waals surface area contributed by atoms with Gasteiger partial charge >= 0.3 is 59.1 Å². The monoisotopic (exact) mass is 516 g/mol. The third kappa shape index (κ3) is 4.61. The van der Waals surface area contributed by atoms with Crippen LogP contribution < -0.4 is 68.9 Å². The molecule has 4 rings (SSSR count). The van der Waals surface area contributed by atoms with Crippen LogP contribution >= 0.6 is 7.82 Å². The predicted octanol–water partition coefficient (Wildman–Crippen LogP) is -5.39. The Kier molecular flexibility index (Phi) is 9.26. The zero-order chi connectivity index (χ0) is 23.9. The van der Waals surface area contributed by atoms with Crippen LogP contribution in [0.1, 0.15) is 40.0 Å². The largest absolute Gasteiger partial charge is 1.00 e. The number of hydrogen-bond acceptors (Lipinski definition) is 8. The first-order chi connectivity index (χ1) is 14.6. The maximum absolute atomic E-state index is 15.3. The number of Topliss-reactive ketones (excluding diaryl/α,β-unsaturated/α-hetero) is 1. The minimum Gasteiger partial charge on any atom is -0.790 e. The standard InChI is InChI=1S/C22H30FO8P.2Na/c1-11-6-14-13-8-16(23)15-7-12(24)4-5-20(15,2)19(13)17(25)9-21(14,3)22(11,27)18(26)10-31-32(28,29)30;;/h4-5,7,11,13-14,16-17,19,25,27H,6,8-10H2,1-3H3,(H2,28,29,30);;/q;2*+1/p-2/t11-,13+,14+,16+,17+,19-,20-,21+,22+;;/m1../s1. The van der Waals surface area contributed by atoms with E-state index in [1.54, 1.807) is 26.8 Å². The summed E-state index contributed by atoms with van der Waals surface area (Å²) in [6, 6.07) is 0. The van der Waals surface area contributed by atoms with Crippen molar-refractivity contribution < 1.29 is 102 Å². The van der Waals surface area contributed by atoms with E-state index >= 15 is 4.39 Å². The van der Waals surface area contributed by atoms with Gasteiger partial charge in [-0.1, -0.05) is 26.8 Å². The Morgan fingerprint density at radius 2 is 1.91 bits per heavy atom. The Morgan fingerprint density at radius 3 is 2.50 bits per heavy atom. The van der Waals surface area contributed by atoms with E-state index in [1.807, 2.05) is 0 Å². The minimum atomic E-state index is -5.41. The van der Waals surface area contributed by atoms with Crippen LogP contribution in [0.5, 0.6) is 0 Å². The van der Waals surface area contributed by atoms with Crippen LogP contribution in [-0.4, -0.2) is 46.3 Å².